The Morgan fingerprint density at radius 2 is 1.82 bits per heavy atom. The number of nitrogens with zero attached hydrogens (tertiary/aromatic N) is 1. The van der Waals surface area contributed by atoms with Crippen LogP contribution in [0.4, 0.5) is 16.2 Å². The summed E-state index contributed by atoms with van der Waals surface area (Å²) in [4.78, 5) is 52.1. The molecule has 0 spiro atoms. The van der Waals surface area contributed by atoms with E-state index >= 15 is 0 Å². The third-order valence-electron chi connectivity index (χ3n) is 5.99. The molecule has 1 saturated heterocycles. The number of ether oxygens (including phenoxy) is 2. The van der Waals surface area contributed by atoms with E-state index in [2.05, 4.69) is 10.6 Å². The number of halogens is 2. The number of carbonyl (C=O) groups excluding carboxylic acids is 4. The zero-order valence-corrected chi connectivity index (χ0v) is 24.8. The van der Waals surface area contributed by atoms with Gasteiger partial charge in [-0.1, -0.05) is 35.9 Å². The van der Waals surface area contributed by atoms with Crippen molar-refractivity contribution in [2.45, 2.75) is 20.8 Å². The van der Waals surface area contributed by atoms with Gasteiger partial charge in [0.1, 0.15) is 5.57 Å². The van der Waals surface area contributed by atoms with Gasteiger partial charge in [0, 0.05) is 10.7 Å². The number of imide groups is 2. The summed E-state index contributed by atoms with van der Waals surface area (Å²) in [6.07, 6.45) is 1.37. The summed E-state index contributed by atoms with van der Waals surface area (Å²) in [7, 11) is 0. The van der Waals surface area contributed by atoms with Gasteiger partial charge in [0.15, 0.2) is 18.1 Å². The molecular weight excluding hydrogens is 649 g/mol. The minimum atomic E-state index is -0.866. The molecule has 0 saturated carbocycles. The lowest BCUT2D eigenvalue weighted by molar-refractivity contribution is -0.122. The molecule has 40 heavy (non-hydrogen) atoms. The van der Waals surface area contributed by atoms with Gasteiger partial charge in [0.05, 0.1) is 15.9 Å². The summed E-state index contributed by atoms with van der Waals surface area (Å²) in [5.74, 6) is -1.29. The largest absolute Gasteiger partial charge is 0.490 e. The molecule has 4 rings (SSSR count). The van der Waals surface area contributed by atoms with Gasteiger partial charge < -0.3 is 14.8 Å². The van der Waals surface area contributed by atoms with Crippen LogP contribution >= 0.6 is 34.2 Å². The van der Waals surface area contributed by atoms with E-state index in [1.807, 2.05) is 47.7 Å². The molecule has 0 radical (unpaired) electrons. The Kier molecular flexibility index (Phi) is 9.10. The molecule has 9 nitrogen and oxygen atoms in total. The molecule has 0 bridgehead atoms. The van der Waals surface area contributed by atoms with Crippen molar-refractivity contribution in [3.8, 4) is 11.5 Å². The molecule has 1 fully saturated rings. The van der Waals surface area contributed by atoms with Crippen LogP contribution in [0.25, 0.3) is 6.08 Å². The van der Waals surface area contributed by atoms with E-state index in [0.717, 1.165) is 10.5 Å². The minimum Gasteiger partial charge on any atom is -0.490 e. The Balaban J connectivity index is 1.61. The van der Waals surface area contributed by atoms with Gasteiger partial charge in [-0.15, -0.1) is 0 Å². The van der Waals surface area contributed by atoms with Crippen LogP contribution in [0, 0.1) is 17.4 Å². The number of anilines is 2. The van der Waals surface area contributed by atoms with E-state index in [-0.39, 0.29) is 23.8 Å². The number of barbiturate groups is 1. The predicted octanol–water partition coefficient (Wildman–Crippen LogP) is 5.64. The predicted molar refractivity (Wildman–Crippen MR) is 161 cm³/mol. The Labute approximate surface area is 249 Å². The van der Waals surface area contributed by atoms with Crippen LogP contribution in [-0.2, 0) is 14.4 Å². The lowest BCUT2D eigenvalue weighted by Gasteiger charge is -2.27. The van der Waals surface area contributed by atoms with Crippen LogP contribution in [0.1, 0.15) is 23.6 Å². The molecule has 0 aliphatic carbocycles. The van der Waals surface area contributed by atoms with Crippen molar-refractivity contribution in [1.29, 1.82) is 0 Å². The van der Waals surface area contributed by atoms with E-state index in [9.17, 15) is 19.2 Å². The number of amides is 5. The van der Waals surface area contributed by atoms with E-state index in [4.69, 9.17) is 21.1 Å². The average Bonchev–Trinajstić information content (AvgIpc) is 2.90. The van der Waals surface area contributed by atoms with Crippen molar-refractivity contribution >= 4 is 75.4 Å². The van der Waals surface area contributed by atoms with Gasteiger partial charge in [-0.3, -0.25) is 19.7 Å². The molecule has 2 N–H and O–H groups in total. The molecule has 206 valence electrons. The summed E-state index contributed by atoms with van der Waals surface area (Å²) < 4.78 is 12.2. The third kappa shape index (κ3) is 6.28. The molecule has 1 aliphatic rings. The first-order chi connectivity index (χ1) is 19.1. The Bertz CT molecular complexity index is 1550. The Hall–Kier alpha value is -3.90. The van der Waals surface area contributed by atoms with Gasteiger partial charge in [-0.2, -0.15) is 0 Å². The number of benzene rings is 3. The second-order valence-corrected chi connectivity index (χ2v) is 10.3. The quantitative estimate of drug-likeness (QED) is 0.182. The topological polar surface area (TPSA) is 114 Å². The first-order valence-electron chi connectivity index (χ1n) is 12.2. The fourth-order valence-corrected chi connectivity index (χ4v) is 4.94. The van der Waals surface area contributed by atoms with Gasteiger partial charge in [-0.05, 0) is 96.5 Å². The number of rotatable bonds is 8. The first-order valence-corrected chi connectivity index (χ1v) is 13.7. The second kappa shape index (κ2) is 12.5. The van der Waals surface area contributed by atoms with Crippen molar-refractivity contribution < 1.29 is 28.7 Å². The number of hydrogen-bond acceptors (Lipinski definition) is 6. The summed E-state index contributed by atoms with van der Waals surface area (Å²) >= 11 is 8.22. The second-order valence-electron chi connectivity index (χ2n) is 8.76. The van der Waals surface area contributed by atoms with Crippen molar-refractivity contribution in [3.63, 3.8) is 0 Å². The number of para-hydroxylation sites is 1. The summed E-state index contributed by atoms with van der Waals surface area (Å²) in [5.41, 5.74) is 2.61. The van der Waals surface area contributed by atoms with E-state index in [1.165, 1.54) is 6.08 Å². The molecular formula is C29H25ClIN3O6. The number of aryl methyl sites for hydroxylation is 1. The number of carbonyl (C=O) groups is 4. The summed E-state index contributed by atoms with van der Waals surface area (Å²) in [6, 6.07) is 14.6. The standard InChI is InChI=1S/C29H25ClIN3O6/c1-4-39-24-14-18(13-21(31)26(24)40-15-25(35)32-22-10-6-5-8-16(22)2)12-19-27(36)33-29(38)34(28(19)37)23-11-7-9-20(30)17(23)3/h5-14H,4,15H2,1-3H3,(H,32,35)(H,33,36,38)/b19-12-. The molecule has 3 aromatic carbocycles. The molecule has 3 aromatic rings. The first kappa shape index (κ1) is 29.1. The van der Waals surface area contributed by atoms with Crippen LogP contribution in [0.5, 0.6) is 11.5 Å². The van der Waals surface area contributed by atoms with Gasteiger partial charge in [0.2, 0.25) is 0 Å². The maximum Gasteiger partial charge on any atom is 0.335 e. The highest BCUT2D eigenvalue weighted by Gasteiger charge is 2.37. The monoisotopic (exact) mass is 673 g/mol. The van der Waals surface area contributed by atoms with Gasteiger partial charge >= 0.3 is 6.03 Å². The van der Waals surface area contributed by atoms with Gasteiger partial charge in [-0.25, -0.2) is 9.69 Å². The lowest BCUT2D eigenvalue weighted by Crippen LogP contribution is -2.54. The summed E-state index contributed by atoms with van der Waals surface area (Å²) in [5, 5.41) is 5.40. The Morgan fingerprint density at radius 3 is 2.55 bits per heavy atom. The van der Waals surface area contributed by atoms with Crippen molar-refractivity contribution in [2.24, 2.45) is 0 Å². The number of nitrogens with one attached hydrogen (secondary N) is 2. The average molecular weight is 674 g/mol. The fourth-order valence-electron chi connectivity index (χ4n) is 3.99. The number of urea groups is 1. The highest BCUT2D eigenvalue weighted by molar-refractivity contribution is 14.1. The van der Waals surface area contributed by atoms with Crippen molar-refractivity contribution in [1.82, 2.24) is 5.32 Å². The van der Waals surface area contributed by atoms with Crippen molar-refractivity contribution in [2.75, 3.05) is 23.4 Å². The number of hydrogen-bond donors (Lipinski definition) is 2. The van der Waals surface area contributed by atoms with Crippen LogP contribution < -0.4 is 25.0 Å². The smallest absolute Gasteiger partial charge is 0.335 e. The summed E-state index contributed by atoms with van der Waals surface area (Å²) in [6.45, 7) is 5.40. The molecule has 1 heterocycles. The van der Waals surface area contributed by atoms with E-state index in [0.29, 0.717) is 43.5 Å². The van der Waals surface area contributed by atoms with E-state index < -0.39 is 17.8 Å². The highest BCUT2D eigenvalue weighted by atomic mass is 127. The molecule has 5 amide bonds. The molecule has 0 aromatic heterocycles. The highest BCUT2D eigenvalue weighted by Crippen LogP contribution is 2.36. The maximum absolute atomic E-state index is 13.4. The van der Waals surface area contributed by atoms with Crippen LogP contribution in [0.2, 0.25) is 5.02 Å². The lowest BCUT2D eigenvalue weighted by atomic mass is 10.1. The molecule has 11 heteroatoms. The SMILES string of the molecule is CCOc1cc(/C=C2/C(=O)NC(=O)N(c3cccc(Cl)c3C)C2=O)cc(I)c1OCC(=O)Nc1ccccc1C. The fraction of sp³-hybridized carbons (Fsp3) is 0.172. The third-order valence-corrected chi connectivity index (χ3v) is 7.20. The normalized spacial score (nSPS) is 14.3. The van der Waals surface area contributed by atoms with Crippen LogP contribution in [-0.4, -0.2) is 37.0 Å². The van der Waals surface area contributed by atoms with Crippen LogP contribution in [0.15, 0.2) is 60.2 Å². The van der Waals surface area contributed by atoms with Gasteiger partial charge in [0.25, 0.3) is 17.7 Å². The zero-order valence-electron chi connectivity index (χ0n) is 21.8. The minimum absolute atomic E-state index is 0.247. The Morgan fingerprint density at radius 1 is 1.07 bits per heavy atom. The van der Waals surface area contributed by atoms with Crippen molar-refractivity contribution in [3.05, 3.63) is 85.5 Å². The molecule has 1 aliphatic heterocycles. The molecule has 0 unspecified atom stereocenters. The zero-order chi connectivity index (χ0) is 29.0. The van der Waals surface area contributed by atoms with Crippen LogP contribution in [0.3, 0.4) is 0 Å². The maximum atomic E-state index is 13.4. The molecule has 0 atom stereocenters. The van der Waals surface area contributed by atoms with E-state index in [1.54, 1.807) is 50.2 Å².